The number of urea groups is 1. The number of rotatable bonds is 9. The van der Waals surface area contributed by atoms with Crippen LogP contribution in [-0.4, -0.2) is 60.9 Å². The number of benzene rings is 2. The van der Waals surface area contributed by atoms with Gasteiger partial charge in [-0.3, -0.25) is 4.79 Å². The number of nitrogens with two attached hydrogens (primary N) is 1. The van der Waals surface area contributed by atoms with Crippen LogP contribution in [0.2, 0.25) is 0 Å². The lowest BCUT2D eigenvalue weighted by Crippen LogP contribution is -2.54. The fraction of sp³-hybridized carbons (Fsp3) is 0.318. The number of carbonyl (C=O) groups excluding carboxylic acids is 2. The maximum Gasteiger partial charge on any atom is 0.328 e. The van der Waals surface area contributed by atoms with Crippen LogP contribution in [-0.2, 0) is 26.2 Å². The molecule has 0 aromatic heterocycles. The highest BCUT2D eigenvalue weighted by Crippen LogP contribution is 2.26. The zero-order chi connectivity index (χ0) is 24.7. The van der Waals surface area contributed by atoms with Crippen molar-refractivity contribution >= 4 is 33.6 Å². The molecule has 0 aliphatic carbocycles. The molecule has 0 bridgehead atoms. The Balaban J connectivity index is 1.59. The second-order valence-electron chi connectivity index (χ2n) is 7.79. The molecule has 1 saturated heterocycles. The van der Waals surface area contributed by atoms with Gasteiger partial charge < -0.3 is 26.8 Å². The minimum Gasteiger partial charge on any atom is -0.480 e. The predicted octanol–water partition coefficient (Wildman–Crippen LogP) is 0.491. The Labute approximate surface area is 197 Å². The summed E-state index contributed by atoms with van der Waals surface area (Å²) in [6.07, 6.45) is 0.696. The first-order chi connectivity index (χ1) is 16.2. The first-order valence-corrected chi connectivity index (χ1v) is 12.1. The van der Waals surface area contributed by atoms with Crippen LogP contribution in [0.4, 0.5) is 10.5 Å². The van der Waals surface area contributed by atoms with Crippen LogP contribution in [0.25, 0.3) is 0 Å². The third-order valence-electron chi connectivity index (χ3n) is 5.37. The summed E-state index contributed by atoms with van der Waals surface area (Å²) >= 11 is 0. The van der Waals surface area contributed by atoms with Crippen molar-refractivity contribution in [3.63, 3.8) is 0 Å². The Bertz CT molecular complexity index is 1120. The number of carbonyl (C=O) groups is 3. The highest BCUT2D eigenvalue weighted by atomic mass is 32.2. The van der Waals surface area contributed by atoms with Crippen molar-refractivity contribution in [2.45, 2.75) is 36.4 Å². The summed E-state index contributed by atoms with van der Waals surface area (Å²) in [5, 5.41) is 16.8. The Hall–Kier alpha value is -3.64. The number of amides is 3. The van der Waals surface area contributed by atoms with E-state index in [2.05, 4.69) is 16.0 Å². The van der Waals surface area contributed by atoms with E-state index in [0.29, 0.717) is 12.1 Å². The molecule has 1 heterocycles. The first kappa shape index (κ1) is 25.0. The van der Waals surface area contributed by atoms with E-state index in [0.717, 1.165) is 9.87 Å². The van der Waals surface area contributed by atoms with Gasteiger partial charge in [-0.25, -0.2) is 18.0 Å². The SMILES string of the molecule is Nc1ccc(S(=O)(=O)N2CCC[C@H]2C(=O)N[C@H](CNC(=O)NCc2ccccc2)C(=O)O)cc1. The molecule has 0 radical (unpaired) electrons. The number of sulfonamides is 1. The predicted molar refractivity (Wildman–Crippen MR) is 124 cm³/mol. The van der Waals surface area contributed by atoms with E-state index in [1.165, 1.54) is 24.3 Å². The van der Waals surface area contributed by atoms with Gasteiger partial charge in [-0.1, -0.05) is 30.3 Å². The van der Waals surface area contributed by atoms with Crippen LogP contribution in [0.15, 0.2) is 59.5 Å². The molecule has 34 heavy (non-hydrogen) atoms. The number of nitrogens with one attached hydrogen (secondary N) is 3. The molecule has 182 valence electrons. The lowest BCUT2D eigenvalue weighted by atomic mass is 10.2. The van der Waals surface area contributed by atoms with E-state index < -0.39 is 40.0 Å². The molecule has 3 rings (SSSR count). The monoisotopic (exact) mass is 489 g/mol. The summed E-state index contributed by atoms with van der Waals surface area (Å²) in [7, 11) is -3.98. The summed E-state index contributed by atoms with van der Waals surface area (Å²) in [6, 6.07) is 11.7. The fourth-order valence-corrected chi connectivity index (χ4v) is 5.22. The van der Waals surface area contributed by atoms with Gasteiger partial charge in [0, 0.05) is 18.8 Å². The van der Waals surface area contributed by atoms with Crippen LogP contribution in [0.3, 0.4) is 0 Å². The lowest BCUT2D eigenvalue weighted by molar-refractivity contribution is -0.142. The molecular formula is C22H27N5O6S. The quantitative estimate of drug-likeness (QED) is 0.319. The van der Waals surface area contributed by atoms with E-state index in [9.17, 15) is 27.9 Å². The van der Waals surface area contributed by atoms with Gasteiger partial charge in [-0.15, -0.1) is 0 Å². The number of aliphatic carboxylic acids is 1. The van der Waals surface area contributed by atoms with Crippen molar-refractivity contribution in [3.05, 3.63) is 60.2 Å². The summed E-state index contributed by atoms with van der Waals surface area (Å²) in [5.74, 6) is -2.10. The number of nitrogens with zero attached hydrogens (tertiary/aromatic N) is 1. The van der Waals surface area contributed by atoms with Crippen molar-refractivity contribution < 1.29 is 27.9 Å². The van der Waals surface area contributed by atoms with Crippen molar-refractivity contribution in [2.24, 2.45) is 0 Å². The van der Waals surface area contributed by atoms with Gasteiger partial charge in [0.05, 0.1) is 11.4 Å². The number of hydrogen-bond donors (Lipinski definition) is 5. The van der Waals surface area contributed by atoms with E-state index in [1.54, 1.807) is 0 Å². The standard InChI is InChI=1S/C22H27N5O6S/c23-16-8-10-17(11-9-16)34(32,33)27-12-4-7-19(27)20(28)26-18(21(29)30)14-25-22(31)24-13-15-5-2-1-3-6-15/h1-3,5-6,8-11,18-19H,4,7,12-14,23H2,(H,26,28)(H,29,30)(H2,24,25,31)/t18-,19+/m1/s1. The molecule has 2 aromatic rings. The lowest BCUT2D eigenvalue weighted by Gasteiger charge is -2.25. The van der Waals surface area contributed by atoms with Crippen LogP contribution in [0, 0.1) is 0 Å². The molecular weight excluding hydrogens is 462 g/mol. The molecule has 1 fully saturated rings. The van der Waals surface area contributed by atoms with Gasteiger partial charge in [0.15, 0.2) is 0 Å². The van der Waals surface area contributed by atoms with Crippen LogP contribution < -0.4 is 21.7 Å². The summed E-state index contributed by atoms with van der Waals surface area (Å²) in [5.41, 5.74) is 6.89. The number of hydrogen-bond acceptors (Lipinski definition) is 6. The van der Waals surface area contributed by atoms with Crippen LogP contribution in [0.1, 0.15) is 18.4 Å². The third kappa shape index (κ3) is 6.23. The maximum absolute atomic E-state index is 13.0. The summed E-state index contributed by atoms with van der Waals surface area (Å²) in [6.45, 7) is -0.00138. The molecule has 2 aromatic carbocycles. The summed E-state index contributed by atoms with van der Waals surface area (Å²) in [4.78, 5) is 36.5. The Morgan fingerprint density at radius 2 is 1.74 bits per heavy atom. The smallest absolute Gasteiger partial charge is 0.328 e. The molecule has 11 nitrogen and oxygen atoms in total. The molecule has 0 saturated carbocycles. The summed E-state index contributed by atoms with van der Waals surface area (Å²) < 4.78 is 27.1. The second-order valence-corrected chi connectivity index (χ2v) is 9.68. The number of carboxylic acids is 1. The molecule has 0 unspecified atom stereocenters. The zero-order valence-corrected chi connectivity index (χ0v) is 19.1. The van der Waals surface area contributed by atoms with Crippen molar-refractivity contribution in [3.8, 4) is 0 Å². The molecule has 6 N–H and O–H groups in total. The molecule has 1 aliphatic rings. The molecule has 2 atom stereocenters. The van der Waals surface area contributed by atoms with Gasteiger partial charge in [-0.2, -0.15) is 4.31 Å². The van der Waals surface area contributed by atoms with E-state index in [-0.39, 0.29) is 31.0 Å². The minimum atomic E-state index is -3.98. The van der Waals surface area contributed by atoms with Crippen LogP contribution >= 0.6 is 0 Å². The molecule has 3 amide bonds. The topological polar surface area (TPSA) is 171 Å². The van der Waals surface area contributed by atoms with Crippen molar-refractivity contribution in [1.29, 1.82) is 0 Å². The third-order valence-corrected chi connectivity index (χ3v) is 7.29. The normalized spacial score (nSPS) is 17.0. The van der Waals surface area contributed by atoms with Crippen molar-refractivity contribution in [2.75, 3.05) is 18.8 Å². The number of anilines is 1. The van der Waals surface area contributed by atoms with E-state index in [1.807, 2.05) is 30.3 Å². The molecule has 0 spiro atoms. The highest BCUT2D eigenvalue weighted by molar-refractivity contribution is 7.89. The maximum atomic E-state index is 13.0. The zero-order valence-electron chi connectivity index (χ0n) is 18.3. The average Bonchev–Trinajstić information content (AvgIpc) is 3.32. The first-order valence-electron chi connectivity index (χ1n) is 10.6. The van der Waals surface area contributed by atoms with Gasteiger partial charge in [0.2, 0.25) is 15.9 Å². The average molecular weight is 490 g/mol. The van der Waals surface area contributed by atoms with Gasteiger partial charge in [0.25, 0.3) is 0 Å². The van der Waals surface area contributed by atoms with E-state index in [4.69, 9.17) is 5.73 Å². The Kier molecular flexibility index (Phi) is 8.08. The van der Waals surface area contributed by atoms with Gasteiger partial charge in [0.1, 0.15) is 12.1 Å². The number of nitrogen functional groups attached to an aromatic ring is 1. The van der Waals surface area contributed by atoms with Crippen molar-refractivity contribution in [1.82, 2.24) is 20.3 Å². The fourth-order valence-electron chi connectivity index (χ4n) is 3.57. The highest BCUT2D eigenvalue weighted by Gasteiger charge is 2.40. The number of carboxylic acid groups (broad SMARTS) is 1. The van der Waals surface area contributed by atoms with Gasteiger partial charge in [-0.05, 0) is 42.7 Å². The second kappa shape index (κ2) is 11.0. The molecule has 12 heteroatoms. The van der Waals surface area contributed by atoms with E-state index >= 15 is 0 Å². The Morgan fingerprint density at radius 1 is 1.06 bits per heavy atom. The Morgan fingerprint density at radius 3 is 2.38 bits per heavy atom. The minimum absolute atomic E-state index is 0.00654. The molecule has 1 aliphatic heterocycles. The van der Waals surface area contributed by atoms with Crippen LogP contribution in [0.5, 0.6) is 0 Å². The largest absolute Gasteiger partial charge is 0.480 e. The van der Waals surface area contributed by atoms with Gasteiger partial charge >= 0.3 is 12.0 Å².